The minimum atomic E-state index is -1.09. The smallest absolute Gasteiger partial charge is 0.408 e. The van der Waals surface area contributed by atoms with Gasteiger partial charge in [-0.1, -0.05) is 0 Å². The van der Waals surface area contributed by atoms with E-state index in [-0.39, 0.29) is 0 Å². The van der Waals surface area contributed by atoms with Crippen molar-refractivity contribution < 1.29 is 19.4 Å². The molecule has 1 amide bonds. The van der Waals surface area contributed by atoms with Crippen LogP contribution in [0.4, 0.5) is 4.79 Å². The molecule has 0 aliphatic carbocycles. The van der Waals surface area contributed by atoms with Gasteiger partial charge in [0, 0.05) is 6.42 Å². The van der Waals surface area contributed by atoms with Gasteiger partial charge < -0.3 is 15.2 Å². The molecule has 0 rings (SSSR count). The zero-order valence-corrected chi connectivity index (χ0v) is 10.4. The largest absolute Gasteiger partial charge is 0.480 e. The number of ether oxygens (including phenoxy) is 1. The fourth-order valence-electron chi connectivity index (χ4n) is 1.12. The molecule has 0 fully saturated rings. The Morgan fingerprint density at radius 3 is 2.47 bits per heavy atom. The van der Waals surface area contributed by atoms with Gasteiger partial charge in [-0.3, -0.25) is 0 Å². The number of terminal acetylenes is 1. The predicted molar refractivity (Wildman–Crippen MR) is 63.5 cm³/mol. The topological polar surface area (TPSA) is 75.6 Å². The molecule has 0 saturated heterocycles. The Bertz CT molecular complexity index is 311. The van der Waals surface area contributed by atoms with Gasteiger partial charge in [0.1, 0.15) is 11.6 Å². The molecule has 0 spiro atoms. The molecule has 0 aromatic rings. The number of amides is 1. The van der Waals surface area contributed by atoms with Crippen molar-refractivity contribution in [2.24, 2.45) is 0 Å². The fourth-order valence-corrected chi connectivity index (χ4v) is 1.12. The molecule has 0 aromatic heterocycles. The molecule has 0 aliphatic rings. The number of rotatable bonds is 5. The lowest BCUT2D eigenvalue weighted by Gasteiger charge is -2.21. The first kappa shape index (κ1) is 15.3. The van der Waals surface area contributed by atoms with Gasteiger partial charge in [-0.15, -0.1) is 12.3 Å². The maximum Gasteiger partial charge on any atom is 0.408 e. The van der Waals surface area contributed by atoms with Crippen LogP contribution in [0.15, 0.2) is 0 Å². The monoisotopic (exact) mass is 241 g/mol. The highest BCUT2D eigenvalue weighted by molar-refractivity contribution is 5.79. The molecule has 0 saturated carbocycles. The Kier molecular flexibility index (Phi) is 6.11. The number of nitrogens with one attached hydrogen (secondary N) is 1. The Balaban J connectivity index is 4.22. The molecular formula is C12H19NO4. The Labute approximate surface area is 102 Å². The minimum absolute atomic E-state index is 0.290. The number of carboxylic acids is 1. The zero-order chi connectivity index (χ0) is 13.5. The van der Waals surface area contributed by atoms with E-state index in [4.69, 9.17) is 16.3 Å². The molecule has 0 heterocycles. The third kappa shape index (κ3) is 8.14. The fraction of sp³-hybridized carbons (Fsp3) is 0.667. The van der Waals surface area contributed by atoms with E-state index in [0.29, 0.717) is 19.3 Å². The minimum Gasteiger partial charge on any atom is -0.480 e. The molecule has 0 aromatic carbocycles. The van der Waals surface area contributed by atoms with Crippen LogP contribution in [0.5, 0.6) is 0 Å². The lowest BCUT2D eigenvalue weighted by atomic mass is 10.1. The third-order valence-corrected chi connectivity index (χ3v) is 1.80. The van der Waals surface area contributed by atoms with E-state index in [2.05, 4.69) is 11.2 Å². The Morgan fingerprint density at radius 1 is 1.47 bits per heavy atom. The van der Waals surface area contributed by atoms with Gasteiger partial charge >= 0.3 is 12.1 Å². The zero-order valence-electron chi connectivity index (χ0n) is 10.4. The average molecular weight is 241 g/mol. The standard InChI is InChI=1S/C12H19NO4/c1-5-6-7-8-9(10(14)15)13-11(16)17-12(2,3)4/h1,9H,6-8H2,2-4H3,(H,13,16)(H,14,15)/t9-/m0/s1. The summed E-state index contributed by atoms with van der Waals surface area (Å²) in [4.78, 5) is 22.2. The van der Waals surface area contributed by atoms with Gasteiger partial charge in [0.2, 0.25) is 0 Å². The molecule has 1 atom stereocenters. The maximum atomic E-state index is 11.4. The first-order valence-corrected chi connectivity index (χ1v) is 5.42. The molecular weight excluding hydrogens is 222 g/mol. The van der Waals surface area contributed by atoms with Crippen LogP contribution in [0.1, 0.15) is 40.0 Å². The third-order valence-electron chi connectivity index (χ3n) is 1.80. The number of carboxylic acid groups (broad SMARTS) is 1. The van der Waals surface area contributed by atoms with Gasteiger partial charge in [-0.2, -0.15) is 0 Å². The van der Waals surface area contributed by atoms with E-state index in [0.717, 1.165) is 0 Å². The van der Waals surface area contributed by atoms with Gasteiger partial charge in [-0.25, -0.2) is 9.59 Å². The van der Waals surface area contributed by atoms with E-state index in [1.54, 1.807) is 20.8 Å². The van der Waals surface area contributed by atoms with Crippen LogP contribution in [0, 0.1) is 12.3 Å². The highest BCUT2D eigenvalue weighted by Gasteiger charge is 2.23. The number of hydrogen-bond donors (Lipinski definition) is 2. The predicted octanol–water partition coefficient (Wildman–Crippen LogP) is 1.77. The molecule has 96 valence electrons. The molecule has 0 aliphatic heterocycles. The second kappa shape index (κ2) is 6.79. The summed E-state index contributed by atoms with van der Waals surface area (Å²) in [5.74, 6) is 1.33. The van der Waals surface area contributed by atoms with E-state index < -0.39 is 23.7 Å². The van der Waals surface area contributed by atoms with Gasteiger partial charge in [0.15, 0.2) is 0 Å². The van der Waals surface area contributed by atoms with Crippen molar-refractivity contribution in [3.63, 3.8) is 0 Å². The number of carbonyl (C=O) groups is 2. The first-order chi connectivity index (χ1) is 7.76. The molecule has 5 heteroatoms. The van der Waals surface area contributed by atoms with Crippen LogP contribution in [0.25, 0.3) is 0 Å². The van der Waals surface area contributed by atoms with Crippen molar-refractivity contribution in [3.05, 3.63) is 0 Å². The van der Waals surface area contributed by atoms with E-state index >= 15 is 0 Å². The van der Waals surface area contributed by atoms with E-state index in [9.17, 15) is 9.59 Å². The van der Waals surface area contributed by atoms with Gasteiger partial charge in [0.25, 0.3) is 0 Å². The van der Waals surface area contributed by atoms with Crippen molar-refractivity contribution in [3.8, 4) is 12.3 Å². The second-order valence-corrected chi connectivity index (χ2v) is 4.63. The van der Waals surface area contributed by atoms with Crippen LogP contribution in [-0.4, -0.2) is 28.8 Å². The van der Waals surface area contributed by atoms with Crippen LogP contribution in [0.2, 0.25) is 0 Å². The quantitative estimate of drug-likeness (QED) is 0.568. The number of aliphatic carboxylic acids is 1. The lowest BCUT2D eigenvalue weighted by Crippen LogP contribution is -2.43. The number of alkyl carbamates (subject to hydrolysis) is 1. The molecule has 17 heavy (non-hydrogen) atoms. The van der Waals surface area contributed by atoms with Crippen molar-refractivity contribution in [2.75, 3.05) is 0 Å². The Hall–Kier alpha value is -1.70. The van der Waals surface area contributed by atoms with Crippen LogP contribution in [0.3, 0.4) is 0 Å². The van der Waals surface area contributed by atoms with Crippen molar-refractivity contribution in [2.45, 2.75) is 51.7 Å². The van der Waals surface area contributed by atoms with E-state index in [1.807, 2.05) is 0 Å². The number of unbranched alkanes of at least 4 members (excludes halogenated alkanes) is 1. The summed E-state index contributed by atoms with van der Waals surface area (Å²) in [6.07, 6.45) is 5.66. The number of carbonyl (C=O) groups excluding carboxylic acids is 1. The van der Waals surface area contributed by atoms with Crippen LogP contribution >= 0.6 is 0 Å². The average Bonchev–Trinajstić information content (AvgIpc) is 2.13. The molecule has 0 unspecified atom stereocenters. The van der Waals surface area contributed by atoms with Gasteiger partial charge in [0.05, 0.1) is 0 Å². The molecule has 2 N–H and O–H groups in total. The lowest BCUT2D eigenvalue weighted by molar-refractivity contribution is -0.139. The SMILES string of the molecule is C#CCCC[C@H](NC(=O)OC(C)(C)C)C(=O)O. The maximum absolute atomic E-state index is 11.4. The van der Waals surface area contributed by atoms with Gasteiger partial charge in [-0.05, 0) is 33.6 Å². The van der Waals surface area contributed by atoms with Crippen molar-refractivity contribution in [1.82, 2.24) is 5.32 Å². The van der Waals surface area contributed by atoms with Crippen molar-refractivity contribution in [1.29, 1.82) is 0 Å². The van der Waals surface area contributed by atoms with Crippen molar-refractivity contribution >= 4 is 12.1 Å². The first-order valence-electron chi connectivity index (χ1n) is 5.42. The summed E-state index contributed by atoms with van der Waals surface area (Å²) < 4.78 is 4.97. The number of hydrogen-bond acceptors (Lipinski definition) is 3. The summed E-state index contributed by atoms with van der Waals surface area (Å²) in [6, 6.07) is -0.960. The van der Waals surface area contributed by atoms with Crippen LogP contribution in [-0.2, 0) is 9.53 Å². The highest BCUT2D eigenvalue weighted by atomic mass is 16.6. The molecule has 0 radical (unpaired) electrons. The molecule has 5 nitrogen and oxygen atoms in total. The van der Waals surface area contributed by atoms with Crippen LogP contribution < -0.4 is 5.32 Å². The normalized spacial score (nSPS) is 12.4. The summed E-state index contributed by atoms with van der Waals surface area (Å²) in [7, 11) is 0. The Morgan fingerprint density at radius 2 is 2.06 bits per heavy atom. The second-order valence-electron chi connectivity index (χ2n) is 4.63. The highest BCUT2D eigenvalue weighted by Crippen LogP contribution is 2.08. The summed E-state index contributed by atoms with van der Waals surface area (Å²) in [5.41, 5.74) is -0.647. The summed E-state index contributed by atoms with van der Waals surface area (Å²) in [6.45, 7) is 5.13. The van der Waals surface area contributed by atoms with E-state index in [1.165, 1.54) is 0 Å². The summed E-state index contributed by atoms with van der Waals surface area (Å²) in [5, 5.41) is 11.2. The molecule has 0 bridgehead atoms. The summed E-state index contributed by atoms with van der Waals surface area (Å²) >= 11 is 0.